The fourth-order valence-electron chi connectivity index (χ4n) is 2.62. The van der Waals surface area contributed by atoms with Crippen molar-refractivity contribution in [3.63, 3.8) is 0 Å². The van der Waals surface area contributed by atoms with Crippen molar-refractivity contribution in [2.24, 2.45) is 0 Å². The predicted octanol–water partition coefficient (Wildman–Crippen LogP) is 4.15. The second-order valence-corrected chi connectivity index (χ2v) is 7.59. The molecule has 0 atom stereocenters. The first-order valence-corrected chi connectivity index (χ1v) is 10.6. The van der Waals surface area contributed by atoms with E-state index < -0.39 is 5.91 Å². The minimum absolute atomic E-state index is 0.0273. The highest BCUT2D eigenvalue weighted by Crippen LogP contribution is 2.28. The van der Waals surface area contributed by atoms with Crippen LogP contribution in [0.5, 0.6) is 11.5 Å². The molecule has 29 heavy (non-hydrogen) atoms. The van der Waals surface area contributed by atoms with Crippen LogP contribution in [0.3, 0.4) is 0 Å². The normalized spacial score (nSPS) is 11.0. The molecule has 0 aliphatic carbocycles. The number of hydrogen-bond acceptors (Lipinski definition) is 7. The number of nitrogens with one attached hydrogen (secondary N) is 1. The van der Waals surface area contributed by atoms with Gasteiger partial charge in [-0.15, -0.1) is 11.3 Å². The second kappa shape index (κ2) is 9.87. The van der Waals surface area contributed by atoms with Gasteiger partial charge in [-0.2, -0.15) is 16.6 Å². The number of nitriles is 1. The number of ether oxygens (including phenoxy) is 2. The number of thiophene rings is 1. The molecule has 0 fully saturated rings. The smallest absolute Gasteiger partial charge is 0.262 e. The lowest BCUT2D eigenvalue weighted by Crippen LogP contribution is -2.26. The molecule has 0 bridgehead atoms. The predicted molar refractivity (Wildman–Crippen MR) is 115 cm³/mol. The second-order valence-electron chi connectivity index (χ2n) is 5.95. The van der Waals surface area contributed by atoms with E-state index in [1.165, 1.54) is 17.4 Å². The van der Waals surface area contributed by atoms with Gasteiger partial charge in [-0.1, -0.05) is 6.07 Å². The van der Waals surface area contributed by atoms with Crippen molar-refractivity contribution in [1.29, 1.82) is 5.26 Å². The van der Waals surface area contributed by atoms with Crippen LogP contribution in [-0.2, 0) is 11.2 Å². The fourth-order valence-corrected chi connectivity index (χ4v) is 4.11. The molecule has 8 heteroatoms. The van der Waals surface area contributed by atoms with Crippen molar-refractivity contribution in [1.82, 2.24) is 10.3 Å². The molecule has 3 rings (SSSR count). The molecule has 2 aromatic heterocycles. The lowest BCUT2D eigenvalue weighted by Gasteiger charge is -2.10. The molecule has 3 aromatic rings. The SMILES string of the molecule is COc1ccc(CCNC(=O)/C(C#N)=C\c2csc(-c3ccsc3)n2)cc1OC. The molecule has 1 N–H and O–H groups in total. The number of hydrogen-bond donors (Lipinski definition) is 1. The number of methoxy groups -OCH3 is 2. The molecule has 1 aromatic carbocycles. The van der Waals surface area contributed by atoms with Crippen LogP contribution in [0.15, 0.2) is 46.0 Å². The van der Waals surface area contributed by atoms with Gasteiger partial charge in [0, 0.05) is 22.9 Å². The fraction of sp³-hybridized carbons (Fsp3) is 0.190. The van der Waals surface area contributed by atoms with E-state index in [-0.39, 0.29) is 5.57 Å². The molecule has 1 amide bonds. The Kier molecular flexibility index (Phi) is 7.00. The van der Waals surface area contributed by atoms with Gasteiger partial charge in [0.15, 0.2) is 11.5 Å². The van der Waals surface area contributed by atoms with Crippen molar-refractivity contribution < 1.29 is 14.3 Å². The van der Waals surface area contributed by atoms with Crippen molar-refractivity contribution in [3.05, 3.63) is 57.2 Å². The Morgan fingerprint density at radius 3 is 2.76 bits per heavy atom. The Morgan fingerprint density at radius 2 is 2.07 bits per heavy atom. The maximum Gasteiger partial charge on any atom is 0.262 e. The molecule has 0 aliphatic rings. The van der Waals surface area contributed by atoms with Gasteiger partial charge in [0.1, 0.15) is 16.6 Å². The molecule has 0 saturated heterocycles. The maximum absolute atomic E-state index is 12.4. The van der Waals surface area contributed by atoms with Gasteiger partial charge in [0.2, 0.25) is 0 Å². The first kappa shape index (κ1) is 20.6. The first-order chi connectivity index (χ1) is 14.1. The third-order valence-electron chi connectivity index (χ3n) is 4.09. The zero-order valence-electron chi connectivity index (χ0n) is 16.0. The Bertz CT molecular complexity index is 1050. The Hall–Kier alpha value is -3.15. The highest BCUT2D eigenvalue weighted by atomic mass is 32.1. The van der Waals surface area contributed by atoms with Crippen LogP contribution in [-0.4, -0.2) is 31.7 Å². The third kappa shape index (κ3) is 5.22. The van der Waals surface area contributed by atoms with Crippen LogP contribution in [0.4, 0.5) is 0 Å². The average molecular weight is 426 g/mol. The van der Waals surface area contributed by atoms with E-state index in [4.69, 9.17) is 9.47 Å². The minimum Gasteiger partial charge on any atom is -0.493 e. The zero-order chi connectivity index (χ0) is 20.6. The lowest BCUT2D eigenvalue weighted by molar-refractivity contribution is -0.117. The van der Waals surface area contributed by atoms with Crippen molar-refractivity contribution in [2.75, 3.05) is 20.8 Å². The van der Waals surface area contributed by atoms with Crippen molar-refractivity contribution in [2.45, 2.75) is 6.42 Å². The van der Waals surface area contributed by atoms with Gasteiger partial charge in [-0.3, -0.25) is 4.79 Å². The number of carbonyl (C=O) groups is 1. The molecule has 0 unspecified atom stereocenters. The van der Waals surface area contributed by atoms with E-state index in [0.29, 0.717) is 30.2 Å². The summed E-state index contributed by atoms with van der Waals surface area (Å²) in [6.45, 7) is 0.393. The van der Waals surface area contributed by atoms with Gasteiger partial charge in [0.05, 0.1) is 19.9 Å². The first-order valence-electron chi connectivity index (χ1n) is 8.73. The number of amides is 1. The van der Waals surface area contributed by atoms with Crippen LogP contribution in [0.2, 0.25) is 0 Å². The van der Waals surface area contributed by atoms with Crippen LogP contribution in [0.25, 0.3) is 16.6 Å². The molecule has 148 valence electrons. The van der Waals surface area contributed by atoms with Crippen LogP contribution in [0.1, 0.15) is 11.3 Å². The summed E-state index contributed by atoms with van der Waals surface area (Å²) < 4.78 is 10.5. The third-order valence-corrected chi connectivity index (χ3v) is 5.69. The van der Waals surface area contributed by atoms with Gasteiger partial charge in [-0.05, 0) is 41.6 Å². The quantitative estimate of drug-likeness (QED) is 0.433. The average Bonchev–Trinajstić information content (AvgIpc) is 3.43. The standard InChI is InChI=1S/C21H19N3O3S2/c1-26-18-4-3-14(9-19(18)27-2)5-7-23-20(25)16(11-22)10-17-13-29-21(24-17)15-6-8-28-12-15/h3-4,6,8-10,12-13H,5,7H2,1-2H3,(H,23,25)/b16-10-. The van der Waals surface area contributed by atoms with Crippen LogP contribution < -0.4 is 14.8 Å². The number of rotatable bonds is 8. The minimum atomic E-state index is -0.418. The summed E-state index contributed by atoms with van der Waals surface area (Å²) in [6.07, 6.45) is 2.11. The number of carbonyl (C=O) groups excluding carboxylic acids is 1. The summed E-state index contributed by atoms with van der Waals surface area (Å²) in [5.74, 6) is 0.872. The van der Waals surface area contributed by atoms with E-state index in [1.54, 1.807) is 25.6 Å². The molecule has 0 spiro atoms. The maximum atomic E-state index is 12.4. The lowest BCUT2D eigenvalue weighted by atomic mass is 10.1. The largest absolute Gasteiger partial charge is 0.493 e. The number of aromatic nitrogens is 1. The van der Waals surface area contributed by atoms with E-state index in [1.807, 2.05) is 46.5 Å². The number of nitrogens with zero attached hydrogens (tertiary/aromatic N) is 2. The Labute approximate surface area is 177 Å². The van der Waals surface area contributed by atoms with E-state index in [0.717, 1.165) is 16.1 Å². The highest BCUT2D eigenvalue weighted by Gasteiger charge is 2.11. The summed E-state index contributed by atoms with van der Waals surface area (Å²) in [5, 5.41) is 18.8. The van der Waals surface area contributed by atoms with E-state index in [9.17, 15) is 10.1 Å². The summed E-state index contributed by atoms with van der Waals surface area (Å²) in [5.41, 5.74) is 2.66. The van der Waals surface area contributed by atoms with Crippen molar-refractivity contribution in [3.8, 4) is 28.1 Å². The molecule has 6 nitrogen and oxygen atoms in total. The van der Waals surface area contributed by atoms with Gasteiger partial charge < -0.3 is 14.8 Å². The number of benzene rings is 1. The van der Waals surface area contributed by atoms with E-state index in [2.05, 4.69) is 10.3 Å². The zero-order valence-corrected chi connectivity index (χ0v) is 17.6. The summed E-state index contributed by atoms with van der Waals surface area (Å²) in [4.78, 5) is 16.8. The topological polar surface area (TPSA) is 84.2 Å². The molecular weight excluding hydrogens is 406 g/mol. The molecule has 0 aliphatic heterocycles. The molecule has 0 radical (unpaired) electrons. The Morgan fingerprint density at radius 1 is 1.24 bits per heavy atom. The van der Waals surface area contributed by atoms with Crippen molar-refractivity contribution >= 4 is 34.7 Å². The van der Waals surface area contributed by atoms with Gasteiger partial charge >= 0.3 is 0 Å². The summed E-state index contributed by atoms with van der Waals surface area (Å²) >= 11 is 3.08. The Balaban J connectivity index is 1.60. The van der Waals surface area contributed by atoms with Gasteiger partial charge in [0.25, 0.3) is 5.91 Å². The number of thiazole rings is 1. The summed E-state index contributed by atoms with van der Waals surface area (Å²) in [6, 6.07) is 9.55. The van der Waals surface area contributed by atoms with Gasteiger partial charge in [-0.25, -0.2) is 4.98 Å². The monoisotopic (exact) mass is 425 g/mol. The molecule has 0 saturated carbocycles. The molecule has 2 heterocycles. The molecular formula is C21H19N3O3S2. The highest BCUT2D eigenvalue weighted by molar-refractivity contribution is 7.14. The van der Waals surface area contributed by atoms with Crippen LogP contribution in [0, 0.1) is 11.3 Å². The summed E-state index contributed by atoms with van der Waals surface area (Å²) in [7, 11) is 3.16. The van der Waals surface area contributed by atoms with E-state index >= 15 is 0 Å². The van der Waals surface area contributed by atoms with Crippen LogP contribution >= 0.6 is 22.7 Å².